The Bertz CT molecular complexity index is 566. The number of fused-ring (bicyclic) bond motifs is 1. The normalized spacial score (nSPS) is 14.4. The van der Waals surface area contributed by atoms with Gasteiger partial charge in [-0.2, -0.15) is 13.2 Å². The van der Waals surface area contributed by atoms with Crippen LogP contribution >= 0.6 is 0 Å². The van der Waals surface area contributed by atoms with Crippen molar-refractivity contribution in [2.45, 2.75) is 26.2 Å². The molecule has 0 aliphatic carbocycles. The number of ketones is 1. The molecule has 19 heavy (non-hydrogen) atoms. The van der Waals surface area contributed by atoms with Gasteiger partial charge in [0.2, 0.25) is 0 Å². The summed E-state index contributed by atoms with van der Waals surface area (Å²) in [6.07, 6.45) is -4.92. The van der Waals surface area contributed by atoms with Crippen LogP contribution in [0.15, 0.2) is 12.1 Å². The molecule has 0 fully saturated rings. The zero-order valence-electron chi connectivity index (χ0n) is 9.91. The number of hydrogen-bond acceptors (Lipinski definition) is 3. The molecule has 2 rings (SSSR count). The fourth-order valence-corrected chi connectivity index (χ4v) is 2.04. The average molecular weight is 273 g/mol. The molecule has 0 spiro atoms. The number of carbonyl (C=O) groups excluding carboxylic acids is 2. The number of phenols is 1. The van der Waals surface area contributed by atoms with Crippen LogP contribution in [-0.4, -0.2) is 27.9 Å². The van der Waals surface area contributed by atoms with Crippen molar-refractivity contribution in [2.75, 3.05) is 0 Å². The van der Waals surface area contributed by atoms with Gasteiger partial charge in [0.25, 0.3) is 0 Å². The molecule has 1 aromatic rings. The molecule has 4 nitrogen and oxygen atoms in total. The zero-order chi connectivity index (χ0) is 14.4. The van der Waals surface area contributed by atoms with E-state index in [2.05, 4.69) is 0 Å². The maximum Gasteiger partial charge on any atom is 0.471 e. The third-order valence-electron chi connectivity index (χ3n) is 2.95. The van der Waals surface area contributed by atoms with Crippen LogP contribution in [0.25, 0.3) is 0 Å². The molecule has 0 saturated heterocycles. The first-order chi connectivity index (χ1) is 8.70. The van der Waals surface area contributed by atoms with Crippen LogP contribution in [0, 0.1) is 0 Å². The number of benzene rings is 1. The molecule has 0 saturated carbocycles. The summed E-state index contributed by atoms with van der Waals surface area (Å²) in [5.74, 6) is -2.60. The number of aromatic hydroxyl groups is 1. The zero-order valence-corrected chi connectivity index (χ0v) is 9.91. The Morgan fingerprint density at radius 2 is 1.74 bits per heavy atom. The number of halogens is 3. The lowest BCUT2D eigenvalue weighted by atomic mass is 10.0. The molecule has 102 valence electrons. The molecule has 7 heteroatoms. The Morgan fingerprint density at radius 1 is 1.21 bits per heavy atom. The second-order valence-electron chi connectivity index (χ2n) is 4.35. The van der Waals surface area contributed by atoms with Gasteiger partial charge in [-0.15, -0.1) is 0 Å². The van der Waals surface area contributed by atoms with Crippen molar-refractivity contribution in [3.63, 3.8) is 0 Å². The van der Waals surface area contributed by atoms with Gasteiger partial charge in [-0.3, -0.25) is 9.59 Å². The van der Waals surface area contributed by atoms with Gasteiger partial charge in [-0.1, -0.05) is 0 Å². The van der Waals surface area contributed by atoms with E-state index in [9.17, 15) is 27.9 Å². The molecule has 0 unspecified atom stereocenters. The van der Waals surface area contributed by atoms with Crippen molar-refractivity contribution in [1.29, 1.82) is 0 Å². The Hall–Kier alpha value is -2.05. The molecule has 1 N–H and O–H groups in total. The van der Waals surface area contributed by atoms with E-state index >= 15 is 0 Å². The molecule has 1 amide bonds. The predicted molar refractivity (Wildman–Crippen MR) is 58.4 cm³/mol. The summed E-state index contributed by atoms with van der Waals surface area (Å²) >= 11 is 0. The number of phenolic OH excluding ortho intramolecular Hbond substituents is 1. The minimum atomic E-state index is -4.92. The standard InChI is InChI=1S/C12H10F3NO3/c1-6(17)9-2-7-4-16(11(19)12(13,14)15)5-8(7)3-10(9)18/h2-3,18H,4-5H2,1H3. The molecule has 0 atom stereocenters. The van der Waals surface area contributed by atoms with Crippen LogP contribution in [0.4, 0.5) is 13.2 Å². The van der Waals surface area contributed by atoms with Gasteiger partial charge in [0, 0.05) is 13.1 Å². The average Bonchev–Trinajstić information content (AvgIpc) is 2.67. The topological polar surface area (TPSA) is 57.6 Å². The SMILES string of the molecule is CC(=O)c1cc2c(cc1O)CN(C(=O)C(F)(F)F)C2. The lowest BCUT2D eigenvalue weighted by molar-refractivity contribution is -0.186. The van der Waals surface area contributed by atoms with Gasteiger partial charge < -0.3 is 10.0 Å². The van der Waals surface area contributed by atoms with Gasteiger partial charge in [-0.25, -0.2) is 0 Å². The van der Waals surface area contributed by atoms with Crippen molar-refractivity contribution in [2.24, 2.45) is 0 Å². The number of carbonyl (C=O) groups is 2. The Balaban J connectivity index is 2.31. The van der Waals surface area contributed by atoms with Crippen LogP contribution in [0.3, 0.4) is 0 Å². The summed E-state index contributed by atoms with van der Waals surface area (Å²) in [5.41, 5.74) is 0.903. The number of hydrogen-bond donors (Lipinski definition) is 1. The van der Waals surface area contributed by atoms with E-state index in [1.165, 1.54) is 19.1 Å². The third-order valence-corrected chi connectivity index (χ3v) is 2.95. The third kappa shape index (κ3) is 2.40. The maximum atomic E-state index is 12.3. The van der Waals surface area contributed by atoms with E-state index < -0.39 is 12.1 Å². The maximum absolute atomic E-state index is 12.3. The summed E-state index contributed by atoms with van der Waals surface area (Å²) in [6.45, 7) is 0.808. The lowest BCUT2D eigenvalue weighted by Crippen LogP contribution is -2.37. The summed E-state index contributed by atoms with van der Waals surface area (Å²) in [5, 5.41) is 9.58. The fourth-order valence-electron chi connectivity index (χ4n) is 2.04. The van der Waals surface area contributed by atoms with Crippen LogP contribution < -0.4 is 0 Å². The van der Waals surface area contributed by atoms with Crippen molar-refractivity contribution in [3.8, 4) is 5.75 Å². The second kappa shape index (κ2) is 4.25. The van der Waals surface area contributed by atoms with E-state index in [1.54, 1.807) is 0 Å². The Labute approximate surface area is 106 Å². The molecular formula is C12H10F3NO3. The lowest BCUT2D eigenvalue weighted by Gasteiger charge is -2.16. The monoisotopic (exact) mass is 273 g/mol. The van der Waals surface area contributed by atoms with Crippen molar-refractivity contribution < 1.29 is 27.9 Å². The first kappa shape index (κ1) is 13.4. The highest BCUT2D eigenvalue weighted by Gasteiger charge is 2.44. The largest absolute Gasteiger partial charge is 0.507 e. The van der Waals surface area contributed by atoms with Gasteiger partial charge in [0.05, 0.1) is 5.56 Å². The van der Waals surface area contributed by atoms with Crippen LogP contribution in [0.5, 0.6) is 5.75 Å². The Kier molecular flexibility index (Phi) is 3.00. The second-order valence-corrected chi connectivity index (χ2v) is 4.35. The number of Topliss-reactive ketones (excluding diaryl/α,β-unsaturated/α-hetero) is 1. The summed E-state index contributed by atoms with van der Waals surface area (Å²) in [4.78, 5) is 23.0. The fraction of sp³-hybridized carbons (Fsp3) is 0.333. The molecule has 1 heterocycles. The van der Waals surface area contributed by atoms with Gasteiger partial charge in [0.15, 0.2) is 5.78 Å². The molecule has 1 aromatic carbocycles. The summed E-state index contributed by atoms with van der Waals surface area (Å²) in [6, 6.07) is 2.56. The van der Waals surface area contributed by atoms with Crippen LogP contribution in [-0.2, 0) is 17.9 Å². The highest BCUT2D eigenvalue weighted by Crippen LogP contribution is 2.32. The number of rotatable bonds is 1. The molecule has 0 radical (unpaired) electrons. The van der Waals surface area contributed by atoms with Crippen LogP contribution in [0.2, 0.25) is 0 Å². The number of alkyl halides is 3. The van der Waals surface area contributed by atoms with Gasteiger partial charge >= 0.3 is 12.1 Å². The highest BCUT2D eigenvalue weighted by atomic mass is 19.4. The van der Waals surface area contributed by atoms with Crippen molar-refractivity contribution in [1.82, 2.24) is 4.90 Å². The number of amides is 1. The molecule has 1 aliphatic rings. The quantitative estimate of drug-likeness (QED) is 0.796. The Morgan fingerprint density at radius 3 is 2.21 bits per heavy atom. The van der Waals surface area contributed by atoms with Crippen LogP contribution in [0.1, 0.15) is 28.4 Å². The van der Waals surface area contributed by atoms with E-state index in [4.69, 9.17) is 0 Å². The smallest absolute Gasteiger partial charge is 0.471 e. The predicted octanol–water partition coefficient (Wildman–Crippen LogP) is 2.00. The van der Waals surface area contributed by atoms with E-state index in [0.717, 1.165) is 0 Å². The molecule has 0 bridgehead atoms. The summed E-state index contributed by atoms with van der Waals surface area (Å²) < 4.78 is 36.9. The molecular weight excluding hydrogens is 263 g/mol. The first-order valence-electron chi connectivity index (χ1n) is 5.42. The van der Waals surface area contributed by atoms with E-state index in [0.29, 0.717) is 16.0 Å². The highest BCUT2D eigenvalue weighted by molar-refractivity contribution is 5.97. The molecule has 0 aromatic heterocycles. The van der Waals surface area contributed by atoms with E-state index in [1.807, 2.05) is 0 Å². The van der Waals surface area contributed by atoms with Crippen molar-refractivity contribution >= 4 is 11.7 Å². The minimum absolute atomic E-state index is 0.0417. The summed E-state index contributed by atoms with van der Waals surface area (Å²) in [7, 11) is 0. The van der Waals surface area contributed by atoms with Crippen molar-refractivity contribution in [3.05, 3.63) is 28.8 Å². The first-order valence-corrected chi connectivity index (χ1v) is 5.42. The number of nitrogens with zero attached hydrogens (tertiary/aromatic N) is 1. The van der Waals surface area contributed by atoms with Gasteiger partial charge in [-0.05, 0) is 30.2 Å². The molecule has 1 aliphatic heterocycles. The minimum Gasteiger partial charge on any atom is -0.507 e. The van der Waals surface area contributed by atoms with E-state index in [-0.39, 0.29) is 30.2 Å². The van der Waals surface area contributed by atoms with Gasteiger partial charge in [0.1, 0.15) is 5.75 Å².